The predicted molar refractivity (Wildman–Crippen MR) is 156 cm³/mol. The highest BCUT2D eigenvalue weighted by Gasteiger charge is 2.36. The molecule has 3 heterocycles. The molecular weight excluding hydrogens is 584 g/mol. The maximum absolute atomic E-state index is 13.0. The molecular formula is C27H31ClN8O5S. The number of pyridine rings is 1. The first kappa shape index (κ1) is 29.6. The third kappa shape index (κ3) is 6.45. The van der Waals surface area contributed by atoms with Gasteiger partial charge in [-0.1, -0.05) is 48.9 Å². The van der Waals surface area contributed by atoms with Crippen molar-refractivity contribution in [2.24, 2.45) is 17.6 Å². The average Bonchev–Trinajstić information content (AvgIpc) is 3.35. The zero-order valence-corrected chi connectivity index (χ0v) is 25.1. The van der Waals surface area contributed by atoms with Crippen LogP contribution in [0.1, 0.15) is 42.4 Å². The van der Waals surface area contributed by atoms with E-state index in [0.29, 0.717) is 24.8 Å². The summed E-state index contributed by atoms with van der Waals surface area (Å²) in [5, 5.41) is 15.7. The van der Waals surface area contributed by atoms with Gasteiger partial charge in [-0.3, -0.25) is 9.10 Å². The summed E-state index contributed by atoms with van der Waals surface area (Å²) < 4.78 is 37.2. The van der Waals surface area contributed by atoms with E-state index in [2.05, 4.69) is 32.3 Å². The Labute approximate surface area is 248 Å². The molecule has 2 unspecified atom stereocenters. The van der Waals surface area contributed by atoms with Crippen LogP contribution in [0, 0.1) is 11.8 Å². The van der Waals surface area contributed by atoms with Gasteiger partial charge in [0, 0.05) is 13.6 Å². The maximum atomic E-state index is 13.0. The number of ketones is 1. The highest BCUT2D eigenvalue weighted by atomic mass is 35.5. The van der Waals surface area contributed by atoms with Crippen molar-refractivity contribution < 1.29 is 22.0 Å². The quantitative estimate of drug-likeness (QED) is 0.231. The number of hydrogen-bond donors (Lipinski definition) is 1. The Balaban J connectivity index is 1.57. The van der Waals surface area contributed by atoms with E-state index in [1.165, 1.54) is 7.05 Å². The topological polar surface area (TPSA) is 174 Å². The Morgan fingerprint density at radius 2 is 1.93 bits per heavy atom. The number of rotatable bonds is 12. The van der Waals surface area contributed by atoms with Crippen LogP contribution in [0.4, 0.5) is 11.6 Å². The van der Waals surface area contributed by atoms with Crippen molar-refractivity contribution in [3.8, 4) is 11.5 Å². The number of nitrogens with zero attached hydrogens (tertiary/aromatic N) is 7. The van der Waals surface area contributed by atoms with Crippen molar-refractivity contribution in [1.29, 1.82) is 0 Å². The second-order valence-corrected chi connectivity index (χ2v) is 13.3. The third-order valence-corrected chi connectivity index (χ3v) is 8.81. The van der Waals surface area contributed by atoms with Gasteiger partial charge in [-0.2, -0.15) is 0 Å². The van der Waals surface area contributed by atoms with Gasteiger partial charge in [0.1, 0.15) is 5.82 Å². The molecule has 15 heteroatoms. The Bertz CT molecular complexity index is 1680. The summed E-state index contributed by atoms with van der Waals surface area (Å²) in [5.41, 5.74) is 6.81. The Kier molecular flexibility index (Phi) is 8.05. The first-order valence-corrected chi connectivity index (χ1v) is 15.4. The lowest BCUT2D eigenvalue weighted by Gasteiger charge is -2.26. The number of sulfonamides is 1. The minimum absolute atomic E-state index is 0.0216. The maximum Gasteiger partial charge on any atom is 0.285 e. The van der Waals surface area contributed by atoms with Crippen LogP contribution >= 0.6 is 11.6 Å². The SMILES string of the molecule is CC1CC1CN(CC(=O)c1nnco1)c1cc(-c2nnc([C@](C)(N)Cc3ccccc3)o2)c(Cl)c(N(C)S(C)(=O)=O)n1. The summed E-state index contributed by atoms with van der Waals surface area (Å²) in [5.74, 6) is 0.616. The van der Waals surface area contributed by atoms with E-state index in [9.17, 15) is 13.2 Å². The molecule has 13 nitrogen and oxygen atoms in total. The van der Waals surface area contributed by atoms with Gasteiger partial charge in [-0.05, 0) is 43.2 Å². The Morgan fingerprint density at radius 3 is 2.55 bits per heavy atom. The molecule has 42 heavy (non-hydrogen) atoms. The fourth-order valence-electron chi connectivity index (χ4n) is 4.56. The van der Waals surface area contributed by atoms with Gasteiger partial charge in [0.15, 0.2) is 5.82 Å². The van der Waals surface area contributed by atoms with E-state index in [-0.39, 0.29) is 46.4 Å². The molecule has 1 aromatic carbocycles. The molecule has 3 aromatic heterocycles. The molecule has 0 spiro atoms. The lowest BCUT2D eigenvalue weighted by atomic mass is 9.94. The first-order chi connectivity index (χ1) is 19.8. The molecule has 0 radical (unpaired) electrons. The van der Waals surface area contributed by atoms with Crippen LogP contribution in [-0.4, -0.2) is 66.0 Å². The fourth-order valence-corrected chi connectivity index (χ4v) is 5.36. The number of hydrogen-bond acceptors (Lipinski definition) is 12. The van der Waals surface area contributed by atoms with Crippen LogP contribution in [0.3, 0.4) is 0 Å². The van der Waals surface area contributed by atoms with Crippen LogP contribution < -0.4 is 14.9 Å². The minimum Gasteiger partial charge on any atom is -0.421 e. The van der Waals surface area contributed by atoms with Crippen molar-refractivity contribution in [3.05, 3.63) is 65.2 Å². The summed E-state index contributed by atoms with van der Waals surface area (Å²) in [6.07, 6.45) is 3.52. The van der Waals surface area contributed by atoms with Crippen molar-refractivity contribution in [3.63, 3.8) is 0 Å². The average molecular weight is 615 g/mol. The molecule has 5 rings (SSSR count). The standard InChI is InChI=1S/C27H31ClN8O5S/c1-16-10-18(16)13-36(14-20(37)25-32-30-15-40-25)21-11-19(22(28)23(31-21)35(3)42(4,38)39)24-33-34-26(41-24)27(2,29)12-17-8-6-5-7-9-17/h5-9,11,15-16,18H,10,12-14,29H2,1-4H3/t16?,18?,27-/m1/s1. The van der Waals surface area contributed by atoms with Gasteiger partial charge in [0.05, 0.1) is 28.9 Å². The molecule has 0 amide bonds. The summed E-state index contributed by atoms with van der Waals surface area (Å²) >= 11 is 6.76. The second-order valence-electron chi connectivity index (χ2n) is 10.9. The lowest BCUT2D eigenvalue weighted by molar-refractivity contribution is 0.0965. The zero-order valence-electron chi connectivity index (χ0n) is 23.6. The fraction of sp³-hybridized carbons (Fsp3) is 0.407. The molecule has 4 aromatic rings. The van der Waals surface area contributed by atoms with Gasteiger partial charge >= 0.3 is 0 Å². The first-order valence-electron chi connectivity index (χ1n) is 13.2. The molecule has 1 saturated carbocycles. The summed E-state index contributed by atoms with van der Waals surface area (Å²) in [4.78, 5) is 19.3. The molecule has 1 aliphatic rings. The van der Waals surface area contributed by atoms with E-state index in [0.717, 1.165) is 28.9 Å². The van der Waals surface area contributed by atoms with Crippen molar-refractivity contribution in [1.82, 2.24) is 25.4 Å². The van der Waals surface area contributed by atoms with Gasteiger partial charge < -0.3 is 19.5 Å². The van der Waals surface area contributed by atoms with Crippen molar-refractivity contribution >= 4 is 39.0 Å². The van der Waals surface area contributed by atoms with E-state index < -0.39 is 21.3 Å². The predicted octanol–water partition coefficient (Wildman–Crippen LogP) is 3.33. The van der Waals surface area contributed by atoms with Crippen LogP contribution in [0.25, 0.3) is 11.5 Å². The number of carbonyl (C=O) groups is 1. The largest absolute Gasteiger partial charge is 0.421 e. The summed E-state index contributed by atoms with van der Waals surface area (Å²) in [6.45, 7) is 4.23. The van der Waals surface area contributed by atoms with Gasteiger partial charge in [0.2, 0.25) is 34.0 Å². The lowest BCUT2D eigenvalue weighted by Crippen LogP contribution is -2.35. The van der Waals surface area contributed by atoms with E-state index in [1.807, 2.05) is 30.3 Å². The third-order valence-electron chi connectivity index (χ3n) is 7.27. The van der Waals surface area contributed by atoms with Crippen LogP contribution in [0.5, 0.6) is 0 Å². The van der Waals surface area contributed by atoms with Crippen LogP contribution in [0.15, 0.2) is 51.6 Å². The molecule has 222 valence electrons. The number of benzene rings is 1. The Hall–Kier alpha value is -3.88. The summed E-state index contributed by atoms with van der Waals surface area (Å²) in [7, 11) is -2.43. The van der Waals surface area contributed by atoms with E-state index in [1.54, 1.807) is 17.9 Å². The second kappa shape index (κ2) is 11.4. The molecule has 0 bridgehead atoms. The molecule has 3 atom stereocenters. The monoisotopic (exact) mass is 614 g/mol. The summed E-state index contributed by atoms with van der Waals surface area (Å²) in [6, 6.07) is 11.2. The molecule has 1 aliphatic carbocycles. The van der Waals surface area contributed by atoms with E-state index >= 15 is 0 Å². The number of Topliss-reactive ketones (excluding diaryl/α,β-unsaturated/α-hetero) is 1. The van der Waals surface area contributed by atoms with Crippen molar-refractivity contribution in [2.45, 2.75) is 32.2 Å². The van der Waals surface area contributed by atoms with Gasteiger partial charge in [0.25, 0.3) is 5.89 Å². The van der Waals surface area contributed by atoms with Crippen molar-refractivity contribution in [2.75, 3.05) is 35.6 Å². The smallest absolute Gasteiger partial charge is 0.285 e. The van der Waals surface area contributed by atoms with Crippen LogP contribution in [-0.2, 0) is 22.0 Å². The molecule has 2 N–H and O–H groups in total. The number of nitrogens with two attached hydrogens (primary N) is 1. The number of anilines is 2. The zero-order chi connectivity index (χ0) is 30.2. The Morgan fingerprint density at radius 1 is 1.21 bits per heavy atom. The van der Waals surface area contributed by atoms with Crippen LogP contribution in [0.2, 0.25) is 5.02 Å². The highest BCUT2D eigenvalue weighted by molar-refractivity contribution is 7.92. The minimum atomic E-state index is -3.77. The number of carbonyl (C=O) groups excluding carboxylic acids is 1. The van der Waals surface area contributed by atoms with E-state index in [4.69, 9.17) is 26.2 Å². The molecule has 0 aliphatic heterocycles. The van der Waals surface area contributed by atoms with Gasteiger partial charge in [-0.15, -0.1) is 20.4 Å². The van der Waals surface area contributed by atoms with Gasteiger partial charge in [-0.25, -0.2) is 13.4 Å². The highest BCUT2D eigenvalue weighted by Crippen LogP contribution is 2.41. The number of aromatic nitrogens is 5. The molecule has 1 fully saturated rings. The normalized spacial score (nSPS) is 18.0. The molecule has 0 saturated heterocycles. The number of halogens is 1.